The van der Waals surface area contributed by atoms with Crippen molar-refractivity contribution in [2.45, 2.75) is 17.7 Å². The third kappa shape index (κ3) is 5.30. The molecule has 5 rings (SSSR count). The van der Waals surface area contributed by atoms with Crippen molar-refractivity contribution in [1.29, 1.82) is 0 Å². The summed E-state index contributed by atoms with van der Waals surface area (Å²) in [6, 6.07) is 9.74. The van der Waals surface area contributed by atoms with Crippen molar-refractivity contribution in [3.63, 3.8) is 0 Å². The highest BCUT2D eigenvalue weighted by Gasteiger charge is 2.27. The number of carbonyl (C=O) groups is 1. The third-order valence-corrected chi connectivity index (χ3v) is 7.75. The predicted molar refractivity (Wildman–Crippen MR) is 132 cm³/mol. The van der Waals surface area contributed by atoms with E-state index >= 15 is 0 Å². The molecule has 0 aliphatic carbocycles. The van der Waals surface area contributed by atoms with Gasteiger partial charge in [-0.1, -0.05) is 0 Å². The summed E-state index contributed by atoms with van der Waals surface area (Å²) in [4.78, 5) is 27.7. The van der Waals surface area contributed by atoms with Crippen molar-refractivity contribution in [3.05, 3.63) is 66.7 Å². The summed E-state index contributed by atoms with van der Waals surface area (Å²) >= 11 is 1.20. The van der Waals surface area contributed by atoms with E-state index in [-0.39, 0.29) is 16.7 Å². The van der Waals surface area contributed by atoms with Crippen LogP contribution in [0.1, 0.15) is 12.8 Å². The topological polar surface area (TPSA) is 135 Å². The summed E-state index contributed by atoms with van der Waals surface area (Å²) in [5.74, 6) is 1.05. The van der Waals surface area contributed by atoms with E-state index in [2.05, 4.69) is 35.0 Å². The number of rotatable bonds is 7. The number of anilines is 3. The van der Waals surface area contributed by atoms with Gasteiger partial charge in [0, 0.05) is 48.8 Å². The smallest absolute Gasteiger partial charge is 0.263 e. The van der Waals surface area contributed by atoms with Gasteiger partial charge in [0.15, 0.2) is 10.9 Å². The van der Waals surface area contributed by atoms with E-state index < -0.39 is 10.0 Å². The Bertz CT molecular complexity index is 1390. The molecule has 11 nitrogen and oxygen atoms in total. The first-order valence-electron chi connectivity index (χ1n) is 10.9. The standard InChI is InChI=1S/C22H22N8O3S2/c31-21(27-17-4-6-18(7-5-17)35(32,33)28-22-23-9-12-34-22)16-3-1-10-29(14-16)19-13-20(25-15-24-19)30-11-2-8-26-30/h2,4-9,11-13,15-16H,1,3,10,14H2,(H,23,28)(H,27,31). The van der Waals surface area contributed by atoms with Crippen molar-refractivity contribution in [1.82, 2.24) is 24.7 Å². The molecule has 4 heterocycles. The molecular formula is C22H22N8O3S2. The quantitative estimate of drug-likeness (QED) is 0.388. The van der Waals surface area contributed by atoms with Crippen LogP contribution in [0.5, 0.6) is 0 Å². The zero-order valence-corrected chi connectivity index (χ0v) is 20.1. The molecule has 3 aromatic heterocycles. The molecule has 0 radical (unpaired) electrons. The Morgan fingerprint density at radius 2 is 1.91 bits per heavy atom. The number of nitrogens with one attached hydrogen (secondary N) is 2. The Kier molecular flexibility index (Phi) is 6.42. The monoisotopic (exact) mass is 510 g/mol. The highest BCUT2D eigenvalue weighted by Crippen LogP contribution is 2.24. The number of carbonyl (C=O) groups excluding carboxylic acids is 1. The average Bonchev–Trinajstić information content (AvgIpc) is 3.59. The van der Waals surface area contributed by atoms with Gasteiger partial charge in [-0.2, -0.15) is 5.10 Å². The van der Waals surface area contributed by atoms with Crippen molar-refractivity contribution < 1.29 is 13.2 Å². The number of amides is 1. The summed E-state index contributed by atoms with van der Waals surface area (Å²) in [7, 11) is -3.75. The first-order chi connectivity index (χ1) is 17.0. The first kappa shape index (κ1) is 22.9. The molecule has 0 bridgehead atoms. The first-order valence-corrected chi connectivity index (χ1v) is 13.2. The molecule has 1 aromatic carbocycles. The van der Waals surface area contributed by atoms with E-state index in [4.69, 9.17) is 0 Å². The number of aromatic nitrogens is 5. The molecule has 1 unspecified atom stereocenters. The van der Waals surface area contributed by atoms with Crippen LogP contribution >= 0.6 is 11.3 Å². The largest absolute Gasteiger partial charge is 0.356 e. The van der Waals surface area contributed by atoms with Crippen LogP contribution in [-0.2, 0) is 14.8 Å². The van der Waals surface area contributed by atoms with Gasteiger partial charge < -0.3 is 10.2 Å². The molecule has 35 heavy (non-hydrogen) atoms. The van der Waals surface area contributed by atoms with Gasteiger partial charge in [0.25, 0.3) is 10.0 Å². The van der Waals surface area contributed by atoms with Crippen LogP contribution in [0, 0.1) is 5.92 Å². The normalized spacial score (nSPS) is 16.1. The van der Waals surface area contributed by atoms with Gasteiger partial charge in [0.2, 0.25) is 5.91 Å². The molecule has 4 aromatic rings. The van der Waals surface area contributed by atoms with Crippen molar-refractivity contribution >= 4 is 43.9 Å². The van der Waals surface area contributed by atoms with Crippen LogP contribution < -0.4 is 14.9 Å². The predicted octanol–water partition coefficient (Wildman–Crippen LogP) is 2.77. The van der Waals surface area contributed by atoms with Crippen LogP contribution in [0.4, 0.5) is 16.6 Å². The lowest BCUT2D eigenvalue weighted by Crippen LogP contribution is -2.41. The Balaban J connectivity index is 1.23. The number of benzene rings is 1. The van der Waals surface area contributed by atoms with Gasteiger partial charge >= 0.3 is 0 Å². The van der Waals surface area contributed by atoms with Gasteiger partial charge in [-0.05, 0) is 43.2 Å². The molecule has 1 fully saturated rings. The second-order valence-corrected chi connectivity index (χ2v) is 10.5. The van der Waals surface area contributed by atoms with Gasteiger partial charge in [-0.25, -0.2) is 28.1 Å². The number of thiazole rings is 1. The molecule has 0 spiro atoms. The number of hydrogen-bond donors (Lipinski definition) is 2. The molecule has 1 amide bonds. The third-order valence-electron chi connectivity index (χ3n) is 5.58. The lowest BCUT2D eigenvalue weighted by Gasteiger charge is -2.32. The van der Waals surface area contributed by atoms with E-state index in [0.717, 1.165) is 25.2 Å². The summed E-state index contributed by atoms with van der Waals surface area (Å²) < 4.78 is 29.1. The maximum Gasteiger partial charge on any atom is 0.263 e. The fourth-order valence-corrected chi connectivity index (χ4v) is 5.64. The van der Waals surface area contributed by atoms with Crippen LogP contribution in [0.2, 0.25) is 0 Å². The van der Waals surface area contributed by atoms with Crippen LogP contribution in [0.15, 0.2) is 71.6 Å². The lowest BCUT2D eigenvalue weighted by atomic mass is 9.97. The minimum atomic E-state index is -3.75. The van der Waals surface area contributed by atoms with Gasteiger partial charge in [-0.15, -0.1) is 11.3 Å². The number of sulfonamides is 1. The number of piperidine rings is 1. The van der Waals surface area contributed by atoms with E-state index in [9.17, 15) is 13.2 Å². The lowest BCUT2D eigenvalue weighted by molar-refractivity contribution is -0.120. The van der Waals surface area contributed by atoms with Crippen LogP contribution in [-0.4, -0.2) is 52.1 Å². The zero-order valence-electron chi connectivity index (χ0n) is 18.5. The molecule has 1 aliphatic heterocycles. The minimum Gasteiger partial charge on any atom is -0.356 e. The fraction of sp³-hybridized carbons (Fsp3) is 0.227. The molecule has 2 N–H and O–H groups in total. The van der Waals surface area contributed by atoms with Gasteiger partial charge in [-0.3, -0.25) is 9.52 Å². The Hall–Kier alpha value is -3.84. The molecular weight excluding hydrogens is 488 g/mol. The van der Waals surface area contributed by atoms with Crippen LogP contribution in [0.3, 0.4) is 0 Å². The molecule has 1 saturated heterocycles. The van der Waals surface area contributed by atoms with Crippen LogP contribution in [0.25, 0.3) is 5.82 Å². The number of hydrogen-bond acceptors (Lipinski definition) is 9. The molecule has 13 heteroatoms. The SMILES string of the molecule is O=C(Nc1ccc(S(=O)(=O)Nc2nccs2)cc1)C1CCCN(c2cc(-n3cccn3)ncn2)C1. The minimum absolute atomic E-state index is 0.0892. The zero-order chi connectivity index (χ0) is 24.3. The van der Waals surface area contributed by atoms with E-state index in [1.54, 1.807) is 28.4 Å². The highest BCUT2D eigenvalue weighted by molar-refractivity contribution is 7.93. The average molecular weight is 511 g/mol. The maximum absolute atomic E-state index is 13.0. The van der Waals surface area contributed by atoms with Crippen molar-refractivity contribution in [2.75, 3.05) is 28.0 Å². The van der Waals surface area contributed by atoms with Gasteiger partial charge in [0.05, 0.1) is 10.8 Å². The Morgan fingerprint density at radius 3 is 2.66 bits per heavy atom. The number of nitrogens with zero attached hydrogens (tertiary/aromatic N) is 6. The maximum atomic E-state index is 13.0. The second-order valence-electron chi connectivity index (χ2n) is 7.93. The van der Waals surface area contributed by atoms with E-state index in [1.807, 2.05) is 18.3 Å². The summed E-state index contributed by atoms with van der Waals surface area (Å²) in [5.41, 5.74) is 0.531. The molecule has 0 saturated carbocycles. The fourth-order valence-electron chi connectivity index (χ4n) is 3.85. The Labute approximate surface area is 205 Å². The molecule has 180 valence electrons. The van der Waals surface area contributed by atoms with E-state index in [0.29, 0.717) is 23.2 Å². The Morgan fingerprint density at radius 1 is 1.09 bits per heavy atom. The summed E-state index contributed by atoms with van der Waals surface area (Å²) in [6.45, 7) is 1.31. The summed E-state index contributed by atoms with van der Waals surface area (Å²) in [6.07, 6.45) is 8.11. The molecule has 1 atom stereocenters. The highest BCUT2D eigenvalue weighted by atomic mass is 32.2. The van der Waals surface area contributed by atoms with Gasteiger partial charge in [0.1, 0.15) is 12.1 Å². The summed E-state index contributed by atoms with van der Waals surface area (Å²) in [5, 5.41) is 9.09. The van der Waals surface area contributed by atoms with Crippen molar-refractivity contribution in [2.24, 2.45) is 5.92 Å². The van der Waals surface area contributed by atoms with E-state index in [1.165, 1.54) is 36.0 Å². The second kappa shape index (κ2) is 9.80. The molecule has 1 aliphatic rings. The van der Waals surface area contributed by atoms with Crippen molar-refractivity contribution in [3.8, 4) is 5.82 Å².